The van der Waals surface area contributed by atoms with Crippen LogP contribution < -0.4 is 0 Å². The molecule has 74 valence electrons. The van der Waals surface area contributed by atoms with Crippen molar-refractivity contribution in [2.45, 2.75) is 32.5 Å². The summed E-state index contributed by atoms with van der Waals surface area (Å²) < 4.78 is 25.6. The first kappa shape index (κ1) is 11.2. The van der Waals surface area contributed by atoms with Crippen LogP contribution in [0.1, 0.15) is 36.7 Å². The highest BCUT2D eigenvalue weighted by Gasteiger charge is 2.26. The second-order valence-corrected chi connectivity index (χ2v) is 3.70. The molecule has 2 radical (unpaired) electrons. The highest BCUT2D eigenvalue weighted by molar-refractivity contribution is 6.13. The Balaban J connectivity index is 3.21. The molecule has 1 nitrogen and oxygen atoms in total. The molecular formula is C10H12BF2N. The van der Waals surface area contributed by atoms with Gasteiger partial charge in [0.25, 0.3) is 0 Å². The fraction of sp³-hybridized carbons (Fsp3) is 0.500. The topological polar surface area (TPSA) is 12.9 Å². The molecule has 14 heavy (non-hydrogen) atoms. The van der Waals surface area contributed by atoms with Gasteiger partial charge < -0.3 is 0 Å². The van der Waals surface area contributed by atoms with Gasteiger partial charge in [-0.3, -0.25) is 4.98 Å². The van der Waals surface area contributed by atoms with Crippen molar-refractivity contribution in [3.05, 3.63) is 29.1 Å². The second kappa shape index (κ2) is 3.68. The van der Waals surface area contributed by atoms with Gasteiger partial charge >= 0.3 is 0 Å². The predicted octanol–water partition coefficient (Wildman–Crippen LogP) is 2.73. The van der Waals surface area contributed by atoms with Crippen molar-refractivity contribution in [2.75, 3.05) is 0 Å². The quantitative estimate of drug-likeness (QED) is 0.661. The molecule has 0 unspecified atom stereocenters. The van der Waals surface area contributed by atoms with Crippen LogP contribution in [0.3, 0.4) is 0 Å². The molecule has 0 spiro atoms. The monoisotopic (exact) mass is 195 g/mol. The molecule has 1 aromatic rings. The Kier molecular flexibility index (Phi) is 2.93. The van der Waals surface area contributed by atoms with Gasteiger partial charge in [0.05, 0.1) is 5.69 Å². The summed E-state index contributed by atoms with van der Waals surface area (Å²) in [5, 5.41) is 0. The molecule has 0 amide bonds. The Morgan fingerprint density at radius 2 is 1.93 bits per heavy atom. The van der Waals surface area contributed by atoms with Crippen LogP contribution in [0.4, 0.5) is 8.78 Å². The number of hydrogen-bond donors (Lipinski definition) is 0. The Labute approximate surface area is 84.0 Å². The van der Waals surface area contributed by atoms with E-state index in [2.05, 4.69) is 4.98 Å². The lowest BCUT2D eigenvalue weighted by Gasteiger charge is -2.14. The first-order chi connectivity index (χ1) is 6.30. The highest BCUT2D eigenvalue weighted by atomic mass is 19.3. The van der Waals surface area contributed by atoms with Gasteiger partial charge in [-0.2, -0.15) is 0 Å². The standard InChI is InChI=1S/C10H12BF2N/c1-6(2)8-4-7(3)14-9(5-8)10(11,12)13/h4-6H,1-3H3. The van der Waals surface area contributed by atoms with Crippen LogP contribution >= 0.6 is 0 Å². The lowest BCUT2D eigenvalue weighted by molar-refractivity contribution is 0.0887. The maximum absolute atomic E-state index is 12.8. The minimum absolute atomic E-state index is 0.192. The van der Waals surface area contributed by atoms with Crippen molar-refractivity contribution >= 4 is 7.85 Å². The van der Waals surface area contributed by atoms with Crippen LogP contribution in [0, 0.1) is 6.92 Å². The summed E-state index contributed by atoms with van der Waals surface area (Å²) in [6, 6.07) is 3.15. The zero-order chi connectivity index (χ0) is 10.9. The van der Waals surface area contributed by atoms with Gasteiger partial charge in [0.15, 0.2) is 7.85 Å². The van der Waals surface area contributed by atoms with Crippen LogP contribution in [-0.2, 0) is 5.82 Å². The largest absolute Gasteiger partial charge is 0.253 e. The van der Waals surface area contributed by atoms with E-state index >= 15 is 0 Å². The van der Waals surface area contributed by atoms with Gasteiger partial charge in [-0.1, -0.05) is 13.8 Å². The summed E-state index contributed by atoms with van der Waals surface area (Å²) >= 11 is 0. The molecular weight excluding hydrogens is 183 g/mol. The number of aromatic nitrogens is 1. The second-order valence-electron chi connectivity index (χ2n) is 3.70. The summed E-state index contributed by atoms with van der Waals surface area (Å²) in [4.78, 5) is 3.71. The molecule has 0 fully saturated rings. The van der Waals surface area contributed by atoms with E-state index in [-0.39, 0.29) is 11.6 Å². The van der Waals surface area contributed by atoms with Crippen molar-refractivity contribution in [1.82, 2.24) is 4.98 Å². The minimum atomic E-state index is -3.35. The van der Waals surface area contributed by atoms with E-state index < -0.39 is 5.82 Å². The molecule has 0 aliphatic rings. The van der Waals surface area contributed by atoms with Crippen LogP contribution in [0.5, 0.6) is 0 Å². The summed E-state index contributed by atoms with van der Waals surface area (Å²) in [7, 11) is 4.70. The third-order valence-corrected chi connectivity index (χ3v) is 1.98. The lowest BCUT2D eigenvalue weighted by atomic mass is 9.92. The van der Waals surface area contributed by atoms with Crippen LogP contribution in [-0.4, -0.2) is 12.8 Å². The van der Waals surface area contributed by atoms with Gasteiger partial charge in [-0.05, 0) is 30.5 Å². The Morgan fingerprint density at radius 3 is 2.36 bits per heavy atom. The van der Waals surface area contributed by atoms with Crippen LogP contribution in [0.15, 0.2) is 12.1 Å². The number of halogens is 2. The van der Waals surface area contributed by atoms with E-state index in [4.69, 9.17) is 7.85 Å². The van der Waals surface area contributed by atoms with Gasteiger partial charge in [0.1, 0.15) is 0 Å². The fourth-order valence-corrected chi connectivity index (χ4v) is 1.20. The van der Waals surface area contributed by atoms with Crippen molar-refractivity contribution in [2.24, 2.45) is 0 Å². The summed E-state index contributed by atoms with van der Waals surface area (Å²) in [6.07, 6.45) is 0. The SMILES string of the molecule is [B]C(F)(F)c1cc(C(C)C)cc(C)n1. The maximum atomic E-state index is 12.8. The van der Waals surface area contributed by atoms with Gasteiger partial charge in [0, 0.05) is 5.69 Å². The lowest BCUT2D eigenvalue weighted by Crippen LogP contribution is -2.16. The first-order valence-electron chi connectivity index (χ1n) is 4.46. The molecule has 1 rings (SSSR count). The molecule has 4 heteroatoms. The molecule has 0 saturated carbocycles. The fourth-order valence-electron chi connectivity index (χ4n) is 1.20. The summed E-state index contributed by atoms with van der Waals surface area (Å²) in [6.45, 7) is 5.56. The van der Waals surface area contributed by atoms with E-state index in [9.17, 15) is 8.78 Å². The molecule has 1 heterocycles. The Bertz CT molecular complexity index is 331. The molecule has 0 N–H and O–H groups in total. The van der Waals surface area contributed by atoms with Crippen molar-refractivity contribution < 1.29 is 8.78 Å². The molecule has 0 atom stereocenters. The molecule has 0 aliphatic heterocycles. The summed E-state index contributed by atoms with van der Waals surface area (Å²) in [5.74, 6) is -3.16. The number of pyridine rings is 1. The Hall–Kier alpha value is -0.925. The van der Waals surface area contributed by atoms with Gasteiger partial charge in [0.2, 0.25) is 5.82 Å². The predicted molar refractivity (Wildman–Crippen MR) is 52.7 cm³/mol. The molecule has 0 bridgehead atoms. The van der Waals surface area contributed by atoms with E-state index in [0.717, 1.165) is 5.56 Å². The highest BCUT2D eigenvalue weighted by Crippen LogP contribution is 2.25. The van der Waals surface area contributed by atoms with E-state index in [0.29, 0.717) is 5.69 Å². The van der Waals surface area contributed by atoms with E-state index in [1.54, 1.807) is 13.0 Å². The van der Waals surface area contributed by atoms with E-state index in [1.807, 2.05) is 13.8 Å². The van der Waals surface area contributed by atoms with Crippen LogP contribution in [0.2, 0.25) is 0 Å². The molecule has 0 saturated heterocycles. The number of hydrogen-bond acceptors (Lipinski definition) is 1. The Morgan fingerprint density at radius 1 is 1.36 bits per heavy atom. The van der Waals surface area contributed by atoms with Crippen LogP contribution in [0.25, 0.3) is 0 Å². The third-order valence-electron chi connectivity index (χ3n) is 1.98. The van der Waals surface area contributed by atoms with Gasteiger partial charge in [-0.25, -0.2) is 8.78 Å². The molecule has 0 aromatic carbocycles. The smallest absolute Gasteiger partial charge is 0.240 e. The first-order valence-corrected chi connectivity index (χ1v) is 4.46. The zero-order valence-corrected chi connectivity index (χ0v) is 8.51. The molecule has 0 aliphatic carbocycles. The van der Waals surface area contributed by atoms with Gasteiger partial charge in [-0.15, -0.1) is 0 Å². The maximum Gasteiger partial charge on any atom is 0.240 e. The average Bonchev–Trinajstić information content (AvgIpc) is 2.01. The van der Waals surface area contributed by atoms with E-state index in [1.165, 1.54) is 6.07 Å². The minimum Gasteiger partial charge on any atom is -0.253 e. The number of nitrogens with zero attached hydrogens (tertiary/aromatic N) is 1. The molecule has 1 aromatic heterocycles. The third kappa shape index (κ3) is 2.53. The number of rotatable bonds is 2. The van der Waals surface area contributed by atoms with Crippen molar-refractivity contribution in [3.63, 3.8) is 0 Å². The van der Waals surface area contributed by atoms with Crippen molar-refractivity contribution in [3.8, 4) is 0 Å². The number of aryl methyl sites for hydroxylation is 1. The average molecular weight is 195 g/mol. The number of alkyl halides is 2. The normalized spacial score (nSPS) is 12.1. The summed E-state index contributed by atoms with van der Waals surface area (Å²) in [5.41, 5.74) is 1.04. The van der Waals surface area contributed by atoms with Crippen molar-refractivity contribution in [1.29, 1.82) is 0 Å². The zero-order valence-electron chi connectivity index (χ0n) is 8.51.